The molecule has 0 radical (unpaired) electrons. The number of halogens is 1. The van der Waals surface area contributed by atoms with E-state index in [1.807, 2.05) is 24.3 Å². The summed E-state index contributed by atoms with van der Waals surface area (Å²) in [5.74, 6) is 0.375. The molecular formula is C14H19ClN2O2S. The molecule has 110 valence electrons. The molecule has 2 heterocycles. The molecule has 2 aliphatic heterocycles. The monoisotopic (exact) mass is 314 g/mol. The topological polar surface area (TPSA) is 40.6 Å². The number of fused-ring (bicyclic) bond motifs is 1. The van der Waals surface area contributed by atoms with Crippen LogP contribution in [0.4, 0.5) is 0 Å². The first-order chi connectivity index (χ1) is 9.63. The Morgan fingerprint density at radius 3 is 2.40 bits per heavy atom. The number of alkyl halides is 1. The summed E-state index contributed by atoms with van der Waals surface area (Å²) in [7, 11) is -3.41. The summed E-state index contributed by atoms with van der Waals surface area (Å²) < 4.78 is 28.8. The van der Waals surface area contributed by atoms with Crippen LogP contribution in [0.1, 0.15) is 30.4 Å². The molecule has 1 aromatic carbocycles. The minimum atomic E-state index is -3.41. The smallest absolute Gasteiger partial charge is 0.195 e. The third-order valence-electron chi connectivity index (χ3n) is 4.19. The van der Waals surface area contributed by atoms with E-state index in [1.165, 1.54) is 0 Å². The van der Waals surface area contributed by atoms with Gasteiger partial charge in [0.1, 0.15) is 0 Å². The van der Waals surface area contributed by atoms with Gasteiger partial charge in [0, 0.05) is 31.6 Å². The lowest BCUT2D eigenvalue weighted by molar-refractivity contribution is 0.247. The Kier molecular flexibility index (Phi) is 4.04. The zero-order chi connectivity index (χ0) is 14.2. The van der Waals surface area contributed by atoms with Crippen molar-refractivity contribution in [2.45, 2.75) is 38.4 Å². The summed E-state index contributed by atoms with van der Waals surface area (Å²) in [6.45, 7) is 1.54. The van der Waals surface area contributed by atoms with E-state index in [2.05, 4.69) is 0 Å². The molecule has 1 unspecified atom stereocenters. The number of hydrogen-bond acceptors (Lipinski definition) is 2. The van der Waals surface area contributed by atoms with Crippen LogP contribution in [-0.4, -0.2) is 35.5 Å². The van der Waals surface area contributed by atoms with Gasteiger partial charge in [-0.3, -0.25) is 0 Å². The molecule has 1 aromatic rings. The Balaban J connectivity index is 1.83. The second kappa shape index (κ2) is 5.64. The van der Waals surface area contributed by atoms with Crippen molar-refractivity contribution in [1.82, 2.24) is 8.61 Å². The maximum absolute atomic E-state index is 12.8. The van der Waals surface area contributed by atoms with Gasteiger partial charge in [-0.05, 0) is 24.0 Å². The molecule has 1 atom stereocenters. The third-order valence-corrected chi connectivity index (χ3v) is 6.53. The Hall–Kier alpha value is -0.620. The van der Waals surface area contributed by atoms with E-state index in [-0.39, 0.29) is 6.04 Å². The van der Waals surface area contributed by atoms with Crippen LogP contribution in [0.3, 0.4) is 0 Å². The molecule has 1 saturated heterocycles. The lowest BCUT2D eigenvalue weighted by Crippen LogP contribution is -2.49. The first-order valence-electron chi connectivity index (χ1n) is 7.02. The molecule has 1 fully saturated rings. The second-order valence-corrected chi connectivity index (χ2v) is 7.65. The Bertz CT molecular complexity index is 566. The molecule has 3 rings (SSSR count). The summed E-state index contributed by atoms with van der Waals surface area (Å²) >= 11 is 5.95. The molecule has 0 N–H and O–H groups in total. The van der Waals surface area contributed by atoms with Gasteiger partial charge in [-0.2, -0.15) is 17.0 Å². The SMILES string of the molecule is O=S(=O)(N1Cc2ccccc2C1)N1CCCCC1CCl. The molecule has 0 amide bonds. The van der Waals surface area contributed by atoms with Crippen molar-refractivity contribution in [2.75, 3.05) is 12.4 Å². The number of rotatable bonds is 3. The molecule has 0 aliphatic carbocycles. The first-order valence-corrected chi connectivity index (χ1v) is 8.96. The molecule has 0 bridgehead atoms. The van der Waals surface area contributed by atoms with E-state index in [0.717, 1.165) is 30.4 Å². The maximum Gasteiger partial charge on any atom is 0.282 e. The quantitative estimate of drug-likeness (QED) is 0.804. The fourth-order valence-electron chi connectivity index (χ4n) is 3.05. The van der Waals surface area contributed by atoms with Gasteiger partial charge in [-0.1, -0.05) is 30.7 Å². The Morgan fingerprint density at radius 2 is 1.80 bits per heavy atom. The summed E-state index contributed by atoms with van der Waals surface area (Å²) in [6, 6.07) is 7.86. The van der Waals surface area contributed by atoms with Crippen molar-refractivity contribution >= 4 is 21.8 Å². The average Bonchev–Trinajstić information content (AvgIpc) is 2.92. The van der Waals surface area contributed by atoms with Gasteiger partial charge >= 0.3 is 0 Å². The van der Waals surface area contributed by atoms with Gasteiger partial charge in [0.15, 0.2) is 0 Å². The normalized spacial score (nSPS) is 24.8. The van der Waals surface area contributed by atoms with Crippen LogP contribution in [-0.2, 0) is 23.3 Å². The maximum atomic E-state index is 12.8. The molecule has 2 aliphatic rings. The fourth-order valence-corrected chi connectivity index (χ4v) is 5.27. The van der Waals surface area contributed by atoms with Crippen molar-refractivity contribution in [3.8, 4) is 0 Å². The van der Waals surface area contributed by atoms with Crippen molar-refractivity contribution in [2.24, 2.45) is 0 Å². The van der Waals surface area contributed by atoms with Crippen LogP contribution >= 0.6 is 11.6 Å². The summed E-state index contributed by atoms with van der Waals surface area (Å²) in [6.07, 6.45) is 2.85. The van der Waals surface area contributed by atoms with Gasteiger partial charge in [0.25, 0.3) is 10.2 Å². The number of hydrogen-bond donors (Lipinski definition) is 0. The first kappa shape index (κ1) is 14.3. The lowest BCUT2D eigenvalue weighted by Gasteiger charge is -2.35. The predicted octanol–water partition coefficient (Wildman–Crippen LogP) is 2.34. The Morgan fingerprint density at radius 1 is 1.15 bits per heavy atom. The van der Waals surface area contributed by atoms with Gasteiger partial charge in [0.05, 0.1) is 0 Å². The standard InChI is InChI=1S/C14H19ClN2O2S/c15-9-14-7-3-4-8-17(14)20(18,19)16-10-12-5-1-2-6-13(12)11-16/h1-2,5-6,14H,3-4,7-11H2. The minimum absolute atomic E-state index is 0.0564. The molecule has 0 spiro atoms. The van der Waals surface area contributed by atoms with Gasteiger partial charge in [-0.25, -0.2) is 0 Å². The van der Waals surface area contributed by atoms with Crippen LogP contribution < -0.4 is 0 Å². The minimum Gasteiger partial charge on any atom is -0.195 e. The highest BCUT2D eigenvalue weighted by Crippen LogP contribution is 2.30. The average molecular weight is 315 g/mol. The van der Waals surface area contributed by atoms with Crippen molar-refractivity contribution in [3.63, 3.8) is 0 Å². The highest BCUT2D eigenvalue weighted by Gasteiger charge is 2.38. The zero-order valence-electron chi connectivity index (χ0n) is 11.3. The zero-order valence-corrected chi connectivity index (χ0v) is 12.9. The second-order valence-electron chi connectivity index (χ2n) is 5.46. The van der Waals surface area contributed by atoms with Gasteiger partial charge in [0.2, 0.25) is 0 Å². The van der Waals surface area contributed by atoms with Crippen molar-refractivity contribution in [3.05, 3.63) is 35.4 Å². The molecular weight excluding hydrogens is 296 g/mol. The van der Waals surface area contributed by atoms with Crippen LogP contribution in [0.5, 0.6) is 0 Å². The van der Waals surface area contributed by atoms with E-state index < -0.39 is 10.2 Å². The van der Waals surface area contributed by atoms with Gasteiger partial charge < -0.3 is 0 Å². The van der Waals surface area contributed by atoms with Crippen molar-refractivity contribution < 1.29 is 8.42 Å². The lowest BCUT2D eigenvalue weighted by atomic mass is 10.1. The fraction of sp³-hybridized carbons (Fsp3) is 0.571. The largest absolute Gasteiger partial charge is 0.282 e. The van der Waals surface area contributed by atoms with Crippen LogP contribution in [0.25, 0.3) is 0 Å². The van der Waals surface area contributed by atoms with Gasteiger partial charge in [-0.15, -0.1) is 11.6 Å². The predicted molar refractivity (Wildman–Crippen MR) is 79.7 cm³/mol. The number of nitrogens with zero attached hydrogens (tertiary/aromatic N) is 2. The number of piperidine rings is 1. The van der Waals surface area contributed by atoms with Crippen molar-refractivity contribution in [1.29, 1.82) is 0 Å². The molecule has 0 aromatic heterocycles. The van der Waals surface area contributed by atoms with Crippen LogP contribution in [0.15, 0.2) is 24.3 Å². The van der Waals surface area contributed by atoms with E-state index in [1.54, 1.807) is 8.61 Å². The van der Waals surface area contributed by atoms with E-state index in [9.17, 15) is 8.42 Å². The van der Waals surface area contributed by atoms with Crippen LogP contribution in [0.2, 0.25) is 0 Å². The molecule has 6 heteroatoms. The van der Waals surface area contributed by atoms with E-state index in [4.69, 9.17) is 11.6 Å². The summed E-state index contributed by atoms with van der Waals surface area (Å²) in [5.41, 5.74) is 2.21. The molecule has 4 nitrogen and oxygen atoms in total. The van der Waals surface area contributed by atoms with E-state index in [0.29, 0.717) is 25.5 Å². The highest BCUT2D eigenvalue weighted by atomic mass is 35.5. The molecule has 0 saturated carbocycles. The summed E-state index contributed by atoms with van der Waals surface area (Å²) in [5, 5.41) is 0. The van der Waals surface area contributed by atoms with E-state index >= 15 is 0 Å². The van der Waals surface area contributed by atoms with Crippen LogP contribution in [0, 0.1) is 0 Å². The summed E-state index contributed by atoms with van der Waals surface area (Å²) in [4.78, 5) is 0. The highest BCUT2D eigenvalue weighted by molar-refractivity contribution is 7.86. The Labute approximate surface area is 125 Å². The molecule has 20 heavy (non-hydrogen) atoms. The third kappa shape index (κ3) is 2.48. The number of benzene rings is 1.